The number of carboxylic acids is 1. The van der Waals surface area contributed by atoms with E-state index in [1.807, 2.05) is 6.92 Å². The molecule has 1 rings (SSSR count). The van der Waals surface area contributed by atoms with Gasteiger partial charge in [0.2, 0.25) is 0 Å². The highest BCUT2D eigenvalue weighted by Gasteiger charge is 2.51. The van der Waals surface area contributed by atoms with Gasteiger partial charge in [0.15, 0.2) is 5.54 Å². The number of rotatable bonds is 5. The van der Waals surface area contributed by atoms with Crippen LogP contribution in [0.25, 0.3) is 0 Å². The highest BCUT2D eigenvalue weighted by Crippen LogP contribution is 2.22. The molecule has 0 saturated carbocycles. The predicted octanol–water partition coefficient (Wildman–Crippen LogP) is 0.0575. The first-order chi connectivity index (χ1) is 7.55. The average Bonchev–Trinajstić information content (AvgIpc) is 2.18. The number of amides is 1. The highest BCUT2D eigenvalue weighted by molar-refractivity contribution is 5.84. The van der Waals surface area contributed by atoms with Crippen molar-refractivity contribution in [2.45, 2.75) is 12.5 Å². The molecular formula is C10H16N2O4. The van der Waals surface area contributed by atoms with Crippen LogP contribution >= 0.6 is 0 Å². The van der Waals surface area contributed by atoms with Crippen LogP contribution in [-0.2, 0) is 9.53 Å². The zero-order valence-corrected chi connectivity index (χ0v) is 9.23. The molecule has 1 amide bonds. The normalized spacial score (nSPS) is 17.4. The minimum Gasteiger partial charge on any atom is -0.480 e. The van der Waals surface area contributed by atoms with Gasteiger partial charge in [0.05, 0.1) is 13.1 Å². The molecule has 16 heavy (non-hydrogen) atoms. The summed E-state index contributed by atoms with van der Waals surface area (Å²) < 4.78 is 4.79. The topological polar surface area (TPSA) is 78.9 Å². The van der Waals surface area contributed by atoms with Gasteiger partial charge >= 0.3 is 12.1 Å². The first-order valence-electron chi connectivity index (χ1n) is 5.06. The molecule has 0 bridgehead atoms. The number of likely N-dealkylation sites (N-methyl/N-ethyl adjacent to an activating group) is 1. The summed E-state index contributed by atoms with van der Waals surface area (Å²) in [5, 5.41) is 11.9. The first-order valence-corrected chi connectivity index (χ1v) is 5.06. The van der Waals surface area contributed by atoms with Gasteiger partial charge in [-0.05, 0) is 6.54 Å². The Morgan fingerprint density at radius 2 is 2.25 bits per heavy atom. The lowest BCUT2D eigenvalue weighted by molar-refractivity contribution is -0.151. The fraction of sp³-hybridized carbons (Fsp3) is 0.600. The summed E-state index contributed by atoms with van der Waals surface area (Å²) in [6, 6.07) is 0. The first kappa shape index (κ1) is 12.5. The second-order valence-electron chi connectivity index (χ2n) is 3.64. The maximum Gasteiger partial charge on any atom is 0.410 e. The van der Waals surface area contributed by atoms with Crippen molar-refractivity contribution in [1.29, 1.82) is 0 Å². The average molecular weight is 228 g/mol. The molecule has 0 spiro atoms. The Labute approximate surface area is 93.9 Å². The Morgan fingerprint density at radius 3 is 2.69 bits per heavy atom. The van der Waals surface area contributed by atoms with E-state index in [4.69, 9.17) is 9.84 Å². The molecule has 0 aromatic carbocycles. The van der Waals surface area contributed by atoms with Gasteiger partial charge in [-0.25, -0.2) is 4.79 Å². The van der Waals surface area contributed by atoms with Gasteiger partial charge in [0.1, 0.15) is 6.61 Å². The molecule has 0 aromatic rings. The van der Waals surface area contributed by atoms with Crippen molar-refractivity contribution in [3.05, 3.63) is 12.7 Å². The Balaban J connectivity index is 2.47. The van der Waals surface area contributed by atoms with Gasteiger partial charge < -0.3 is 14.7 Å². The number of carboxylic acid groups (broad SMARTS) is 1. The largest absolute Gasteiger partial charge is 0.480 e. The van der Waals surface area contributed by atoms with E-state index in [1.165, 1.54) is 11.0 Å². The summed E-state index contributed by atoms with van der Waals surface area (Å²) in [7, 11) is 0. The number of carbonyl (C=O) groups excluding carboxylic acids is 1. The molecule has 6 nitrogen and oxygen atoms in total. The quantitative estimate of drug-likeness (QED) is 0.650. The van der Waals surface area contributed by atoms with E-state index in [1.54, 1.807) is 0 Å². The lowest BCUT2D eigenvalue weighted by atomic mass is 9.90. The van der Waals surface area contributed by atoms with Crippen LogP contribution in [0.2, 0.25) is 0 Å². The van der Waals surface area contributed by atoms with Crippen LogP contribution in [0.5, 0.6) is 0 Å². The van der Waals surface area contributed by atoms with E-state index in [-0.39, 0.29) is 19.7 Å². The highest BCUT2D eigenvalue weighted by atomic mass is 16.6. The van der Waals surface area contributed by atoms with Gasteiger partial charge in [0, 0.05) is 0 Å². The van der Waals surface area contributed by atoms with Crippen LogP contribution in [0.15, 0.2) is 12.7 Å². The van der Waals surface area contributed by atoms with Crippen molar-refractivity contribution in [3.8, 4) is 0 Å². The zero-order valence-electron chi connectivity index (χ0n) is 9.23. The number of nitrogens with zero attached hydrogens (tertiary/aromatic N) is 1. The Hall–Kier alpha value is -1.56. The zero-order chi connectivity index (χ0) is 12.2. The van der Waals surface area contributed by atoms with Crippen molar-refractivity contribution >= 4 is 12.1 Å². The molecule has 6 heteroatoms. The van der Waals surface area contributed by atoms with Crippen LogP contribution in [0, 0.1) is 0 Å². The van der Waals surface area contributed by atoms with Crippen LogP contribution in [0.1, 0.15) is 6.92 Å². The molecule has 1 heterocycles. The summed E-state index contributed by atoms with van der Waals surface area (Å²) in [5.74, 6) is -0.942. The SMILES string of the molecule is C=CCOC(=O)N1CC(NCC)(C(=O)O)C1. The number of ether oxygens (including phenoxy) is 1. The lowest BCUT2D eigenvalue weighted by Crippen LogP contribution is -2.74. The molecule has 0 aromatic heterocycles. The second kappa shape index (κ2) is 4.98. The molecule has 0 atom stereocenters. The van der Waals surface area contributed by atoms with E-state index >= 15 is 0 Å². The van der Waals surface area contributed by atoms with E-state index < -0.39 is 17.6 Å². The number of nitrogens with one attached hydrogen (secondary N) is 1. The monoisotopic (exact) mass is 228 g/mol. The van der Waals surface area contributed by atoms with Gasteiger partial charge in [-0.2, -0.15) is 0 Å². The van der Waals surface area contributed by atoms with E-state index in [9.17, 15) is 9.59 Å². The number of aliphatic carboxylic acids is 1. The van der Waals surface area contributed by atoms with Crippen molar-refractivity contribution in [2.24, 2.45) is 0 Å². The Bertz CT molecular complexity index is 297. The molecule has 1 aliphatic heterocycles. The maximum atomic E-state index is 11.3. The Kier molecular flexibility index (Phi) is 3.89. The molecule has 1 fully saturated rings. The van der Waals surface area contributed by atoms with E-state index in [0.717, 1.165) is 0 Å². The number of likely N-dealkylation sites (tertiary alicyclic amines) is 1. The minimum absolute atomic E-state index is 0.131. The number of hydrogen-bond donors (Lipinski definition) is 2. The predicted molar refractivity (Wildman–Crippen MR) is 57.2 cm³/mol. The lowest BCUT2D eigenvalue weighted by Gasteiger charge is -2.46. The van der Waals surface area contributed by atoms with Crippen molar-refractivity contribution in [2.75, 3.05) is 26.2 Å². The third-order valence-electron chi connectivity index (χ3n) is 2.43. The summed E-state index contributed by atoms with van der Waals surface area (Å²) in [4.78, 5) is 23.7. The maximum absolute atomic E-state index is 11.3. The molecule has 0 radical (unpaired) electrons. The van der Waals surface area contributed by atoms with Gasteiger partial charge in [-0.15, -0.1) is 0 Å². The second-order valence-corrected chi connectivity index (χ2v) is 3.64. The molecule has 2 N–H and O–H groups in total. The number of hydrogen-bond acceptors (Lipinski definition) is 4. The molecule has 0 unspecified atom stereocenters. The van der Waals surface area contributed by atoms with Gasteiger partial charge in [-0.3, -0.25) is 10.1 Å². The smallest absolute Gasteiger partial charge is 0.410 e. The van der Waals surface area contributed by atoms with E-state index in [0.29, 0.717) is 6.54 Å². The summed E-state index contributed by atoms with van der Waals surface area (Å²) in [6.07, 6.45) is 0.960. The molecule has 1 aliphatic rings. The van der Waals surface area contributed by atoms with Crippen molar-refractivity contribution < 1.29 is 19.4 Å². The van der Waals surface area contributed by atoms with Crippen LogP contribution in [0.4, 0.5) is 4.79 Å². The standard InChI is InChI=1S/C10H16N2O4/c1-3-5-16-9(15)12-6-10(7-12,8(13)14)11-4-2/h3,11H,1,4-7H2,2H3,(H,13,14). The van der Waals surface area contributed by atoms with Crippen LogP contribution in [0.3, 0.4) is 0 Å². The van der Waals surface area contributed by atoms with Crippen LogP contribution < -0.4 is 5.32 Å². The van der Waals surface area contributed by atoms with Gasteiger partial charge in [-0.1, -0.05) is 19.6 Å². The van der Waals surface area contributed by atoms with E-state index in [2.05, 4.69) is 11.9 Å². The summed E-state index contributed by atoms with van der Waals surface area (Å²) in [5.41, 5.74) is -1.01. The Morgan fingerprint density at radius 1 is 1.62 bits per heavy atom. The third-order valence-corrected chi connectivity index (χ3v) is 2.43. The minimum atomic E-state index is -1.01. The summed E-state index contributed by atoms with van der Waals surface area (Å²) in [6.45, 7) is 6.18. The van der Waals surface area contributed by atoms with Crippen molar-refractivity contribution in [1.82, 2.24) is 10.2 Å². The molecule has 90 valence electrons. The molecular weight excluding hydrogens is 212 g/mol. The number of carbonyl (C=O) groups is 2. The van der Waals surface area contributed by atoms with Crippen LogP contribution in [-0.4, -0.2) is 53.8 Å². The summed E-state index contributed by atoms with van der Waals surface area (Å²) >= 11 is 0. The van der Waals surface area contributed by atoms with Crippen molar-refractivity contribution in [3.63, 3.8) is 0 Å². The molecule has 1 saturated heterocycles. The molecule has 0 aliphatic carbocycles. The third kappa shape index (κ3) is 2.33. The van der Waals surface area contributed by atoms with Gasteiger partial charge in [0.25, 0.3) is 0 Å². The fourth-order valence-electron chi connectivity index (χ4n) is 1.62. The fourth-order valence-corrected chi connectivity index (χ4v) is 1.62.